The number of terminal acetylenes is 1. The number of rotatable bonds is 11. The van der Waals surface area contributed by atoms with Crippen LogP contribution < -0.4 is 31.1 Å². The van der Waals surface area contributed by atoms with E-state index in [1.807, 2.05) is 0 Å². The summed E-state index contributed by atoms with van der Waals surface area (Å²) in [5.41, 5.74) is 0.251. The molecule has 0 bridgehead atoms. The molecule has 6 aromatic carbocycles. The lowest BCUT2D eigenvalue weighted by Crippen LogP contribution is -2.73. The molecule has 3 fully saturated rings. The standard InChI is InChI=1S/C57H58O3Si2/c1-3-57(60-62(49-28-16-7-17-29-49,50-30-18-8-19-31-50)51-32-20-9-21-33-51)41-38-53-52-35-34-44-42-45(58)36-40-56(44,54(52)37-39-55(53,57)2)43-59-61(46-22-10-4-11-23-46,47-24-12-5-13-25-47)48-26-14-6-15-27-48/h1,4-33,42,45,52-54,58H,34-41,43H2,2H3/t45?,52-,53-,54+,55-,56+,57?/m0/s1. The largest absolute Gasteiger partial charge is 0.403 e. The fraction of sp³-hybridized carbons (Fsp3) is 0.298. The Hall–Kier alpha value is -5.07. The topological polar surface area (TPSA) is 38.7 Å². The first-order chi connectivity index (χ1) is 30.4. The zero-order chi connectivity index (χ0) is 42.3. The van der Waals surface area contributed by atoms with Crippen LogP contribution in [0.1, 0.15) is 58.3 Å². The van der Waals surface area contributed by atoms with E-state index in [4.69, 9.17) is 15.3 Å². The Bertz CT molecular complexity index is 2330. The van der Waals surface area contributed by atoms with Gasteiger partial charge in [-0.15, -0.1) is 6.42 Å². The van der Waals surface area contributed by atoms with Crippen LogP contribution in [0.3, 0.4) is 0 Å². The molecule has 0 amide bonds. The lowest BCUT2D eigenvalue weighted by Gasteiger charge is -2.61. The lowest BCUT2D eigenvalue weighted by molar-refractivity contribution is -0.105. The van der Waals surface area contributed by atoms with Gasteiger partial charge in [-0.05, 0) is 100 Å². The maximum atomic E-state index is 11.3. The Morgan fingerprint density at radius 2 is 0.968 bits per heavy atom. The van der Waals surface area contributed by atoms with Gasteiger partial charge in [0.1, 0.15) is 5.60 Å². The third kappa shape index (κ3) is 6.49. The highest BCUT2D eigenvalue weighted by atomic mass is 28.4. The van der Waals surface area contributed by atoms with Gasteiger partial charge in [-0.25, -0.2) is 0 Å². The summed E-state index contributed by atoms with van der Waals surface area (Å²) in [5.74, 6) is 4.77. The number of benzene rings is 6. The van der Waals surface area contributed by atoms with E-state index in [0.717, 1.165) is 51.4 Å². The van der Waals surface area contributed by atoms with Gasteiger partial charge >= 0.3 is 0 Å². The molecule has 5 heteroatoms. The van der Waals surface area contributed by atoms with Gasteiger partial charge in [-0.2, -0.15) is 0 Å². The highest BCUT2D eigenvalue weighted by Crippen LogP contribution is 2.68. The van der Waals surface area contributed by atoms with Crippen LogP contribution in [0, 0.1) is 40.9 Å². The highest BCUT2D eigenvalue weighted by molar-refractivity contribution is 7.07. The number of hydrogen-bond acceptors (Lipinski definition) is 3. The van der Waals surface area contributed by atoms with Gasteiger partial charge in [0.15, 0.2) is 0 Å². The fourth-order valence-corrected chi connectivity index (χ4v) is 21.4. The molecule has 10 rings (SSSR count). The smallest absolute Gasteiger partial charge is 0.289 e. The van der Waals surface area contributed by atoms with Gasteiger partial charge in [-0.3, -0.25) is 0 Å². The van der Waals surface area contributed by atoms with Crippen molar-refractivity contribution in [1.29, 1.82) is 0 Å². The van der Waals surface area contributed by atoms with Crippen LogP contribution in [0.2, 0.25) is 0 Å². The van der Waals surface area contributed by atoms with E-state index in [2.05, 4.69) is 201 Å². The van der Waals surface area contributed by atoms with Crippen LogP contribution in [0.5, 0.6) is 0 Å². The van der Waals surface area contributed by atoms with E-state index in [9.17, 15) is 5.11 Å². The zero-order valence-electron chi connectivity index (χ0n) is 35.9. The summed E-state index contributed by atoms with van der Waals surface area (Å²) in [5, 5.41) is 18.7. The Kier molecular flexibility index (Phi) is 10.9. The molecule has 1 N–H and O–H groups in total. The van der Waals surface area contributed by atoms with E-state index in [-0.39, 0.29) is 10.8 Å². The molecular formula is C57H58O3Si2. The zero-order valence-corrected chi connectivity index (χ0v) is 37.9. The Labute approximate surface area is 371 Å². The average Bonchev–Trinajstić information content (AvgIpc) is 3.64. The van der Waals surface area contributed by atoms with Gasteiger partial charge in [0.05, 0.1) is 6.10 Å². The predicted octanol–water partition coefficient (Wildman–Crippen LogP) is 8.03. The Balaban J connectivity index is 1.06. The molecule has 4 aliphatic rings. The van der Waals surface area contributed by atoms with Crippen LogP contribution in [0.25, 0.3) is 0 Å². The molecule has 0 aromatic heterocycles. The van der Waals surface area contributed by atoms with E-state index in [0.29, 0.717) is 24.4 Å². The van der Waals surface area contributed by atoms with E-state index in [1.165, 1.54) is 36.7 Å². The predicted molar refractivity (Wildman–Crippen MR) is 259 cm³/mol. The minimum Gasteiger partial charge on any atom is -0.403 e. The minimum atomic E-state index is -3.12. The summed E-state index contributed by atoms with van der Waals surface area (Å²) in [7, 11) is -6.11. The maximum absolute atomic E-state index is 11.3. The SMILES string of the molecule is C#CC1(O[Si](c2ccccc2)(c2ccccc2)c2ccccc2)CC[C@H]2[C@@H]3CCC4=CC(O)CC[C@]4(CO[Si](c4ccccc4)(c4ccccc4)c4ccccc4)[C@@H]3CC[C@@]21C. The van der Waals surface area contributed by atoms with Crippen LogP contribution in [-0.2, 0) is 8.85 Å². The van der Waals surface area contributed by atoms with Crippen molar-refractivity contribution in [2.75, 3.05) is 6.61 Å². The number of hydrogen-bond donors (Lipinski definition) is 1. The van der Waals surface area contributed by atoms with Crippen LogP contribution in [0.4, 0.5) is 0 Å². The van der Waals surface area contributed by atoms with Gasteiger partial charge in [-0.1, -0.05) is 206 Å². The summed E-state index contributed by atoms with van der Waals surface area (Å²) >= 11 is 0. The molecule has 7 atom stereocenters. The number of aliphatic hydroxyl groups is 1. The molecule has 2 unspecified atom stereocenters. The molecule has 4 aliphatic carbocycles. The normalized spacial score (nSPS) is 28.1. The second kappa shape index (κ2) is 16.6. The van der Waals surface area contributed by atoms with Gasteiger partial charge < -0.3 is 14.0 Å². The van der Waals surface area contributed by atoms with E-state index < -0.39 is 28.3 Å². The van der Waals surface area contributed by atoms with E-state index >= 15 is 0 Å². The summed E-state index contributed by atoms with van der Waals surface area (Å²) < 4.78 is 16.1. The van der Waals surface area contributed by atoms with Crippen molar-refractivity contribution in [3.05, 3.63) is 194 Å². The second-order valence-corrected chi connectivity index (χ2v) is 25.5. The van der Waals surface area contributed by atoms with Crippen molar-refractivity contribution < 1.29 is 14.0 Å². The van der Waals surface area contributed by atoms with Crippen LogP contribution in [-0.4, -0.2) is 40.1 Å². The third-order valence-corrected chi connectivity index (χ3v) is 24.2. The van der Waals surface area contributed by atoms with Gasteiger partial charge in [0, 0.05) is 17.4 Å². The van der Waals surface area contributed by atoms with Crippen molar-refractivity contribution in [3.63, 3.8) is 0 Å². The number of aliphatic hydroxyl groups excluding tert-OH is 1. The average molecular weight is 847 g/mol. The molecular weight excluding hydrogens is 789 g/mol. The van der Waals surface area contributed by atoms with Crippen molar-refractivity contribution in [1.82, 2.24) is 0 Å². The second-order valence-electron chi connectivity index (χ2n) is 18.8. The molecule has 0 saturated heterocycles. The first-order valence-corrected chi connectivity index (χ1v) is 26.7. The van der Waals surface area contributed by atoms with Crippen molar-refractivity contribution in [2.24, 2.45) is 28.6 Å². The molecule has 3 nitrogen and oxygen atoms in total. The van der Waals surface area contributed by atoms with E-state index in [1.54, 1.807) is 0 Å². The summed E-state index contributed by atoms with van der Waals surface area (Å²) in [4.78, 5) is 0. The first-order valence-electron chi connectivity index (χ1n) is 22.9. The molecule has 6 aromatic rings. The lowest BCUT2D eigenvalue weighted by atomic mass is 9.46. The Morgan fingerprint density at radius 1 is 0.548 bits per heavy atom. The van der Waals surface area contributed by atoms with Gasteiger partial charge in [0.25, 0.3) is 16.6 Å². The molecule has 312 valence electrons. The molecule has 3 saturated carbocycles. The first kappa shape index (κ1) is 41.0. The fourth-order valence-electron chi connectivity index (χ4n) is 13.2. The van der Waals surface area contributed by atoms with Crippen molar-refractivity contribution >= 4 is 47.8 Å². The third-order valence-electron chi connectivity index (χ3n) is 16.1. The molecule has 0 aliphatic heterocycles. The molecule has 0 spiro atoms. The monoisotopic (exact) mass is 846 g/mol. The molecule has 0 radical (unpaired) electrons. The van der Waals surface area contributed by atoms with Crippen LogP contribution >= 0.6 is 0 Å². The number of fused-ring (bicyclic) bond motifs is 5. The van der Waals surface area contributed by atoms with Crippen molar-refractivity contribution in [2.45, 2.75) is 70.0 Å². The molecule has 0 heterocycles. The Morgan fingerprint density at radius 3 is 1.40 bits per heavy atom. The van der Waals surface area contributed by atoms with Crippen molar-refractivity contribution in [3.8, 4) is 12.3 Å². The summed E-state index contributed by atoms with van der Waals surface area (Å²) in [6.45, 7) is 3.13. The highest BCUT2D eigenvalue weighted by Gasteiger charge is 2.67. The molecule has 62 heavy (non-hydrogen) atoms. The maximum Gasteiger partial charge on any atom is 0.289 e. The summed E-state index contributed by atoms with van der Waals surface area (Å²) in [6, 6.07) is 65.8. The van der Waals surface area contributed by atoms with Gasteiger partial charge in [0.2, 0.25) is 0 Å². The quantitative estimate of drug-likeness (QED) is 0.0622. The minimum absolute atomic E-state index is 0.182. The summed E-state index contributed by atoms with van der Waals surface area (Å²) in [6.07, 6.45) is 16.5. The van der Waals surface area contributed by atoms with Crippen LogP contribution in [0.15, 0.2) is 194 Å².